The van der Waals surface area contributed by atoms with E-state index in [-0.39, 0.29) is 17.4 Å². The number of halogens is 1. The molecule has 2 atom stereocenters. The first-order chi connectivity index (χ1) is 7.90. The van der Waals surface area contributed by atoms with Crippen LogP contribution in [0.15, 0.2) is 18.2 Å². The van der Waals surface area contributed by atoms with Crippen molar-refractivity contribution in [3.05, 3.63) is 34.1 Å². The van der Waals surface area contributed by atoms with Crippen LogP contribution in [0.1, 0.15) is 6.92 Å². The van der Waals surface area contributed by atoms with Crippen molar-refractivity contribution >= 4 is 22.2 Å². The summed E-state index contributed by atoms with van der Waals surface area (Å²) in [4.78, 5) is 9.76. The third kappa shape index (κ3) is 4.10. The van der Waals surface area contributed by atoms with Crippen LogP contribution in [0.4, 0.5) is 15.8 Å². The zero-order chi connectivity index (χ0) is 13.0. The van der Waals surface area contributed by atoms with Gasteiger partial charge in [-0.25, -0.2) is 4.39 Å². The molecule has 0 aliphatic heterocycles. The molecule has 1 aromatic rings. The van der Waals surface area contributed by atoms with Gasteiger partial charge in [-0.3, -0.25) is 14.3 Å². The lowest BCUT2D eigenvalue weighted by molar-refractivity contribution is -0.385. The summed E-state index contributed by atoms with van der Waals surface area (Å²) in [6, 6.07) is 3.22. The number of benzene rings is 1. The van der Waals surface area contributed by atoms with Crippen molar-refractivity contribution in [1.29, 1.82) is 0 Å². The molecule has 1 rings (SSSR count). The Labute approximate surface area is 101 Å². The minimum absolute atomic E-state index is 0.170. The summed E-state index contributed by atoms with van der Waals surface area (Å²) in [5.74, 6) is -0.302. The quantitative estimate of drug-likeness (QED) is 0.648. The first-order valence-corrected chi connectivity index (χ1v) is 6.63. The van der Waals surface area contributed by atoms with E-state index in [0.29, 0.717) is 5.75 Å². The molecule has 5 nitrogen and oxygen atoms in total. The maximum Gasteiger partial charge on any atom is 0.272 e. The summed E-state index contributed by atoms with van der Waals surface area (Å²) in [5, 5.41) is 13.2. The van der Waals surface area contributed by atoms with Gasteiger partial charge in [-0.2, -0.15) is 0 Å². The Hall–Kier alpha value is -1.50. The molecule has 0 bridgehead atoms. The number of hydrogen-bond acceptors (Lipinski definition) is 4. The van der Waals surface area contributed by atoms with E-state index in [2.05, 4.69) is 5.32 Å². The molecule has 0 aliphatic carbocycles. The maximum atomic E-state index is 13.5. The lowest BCUT2D eigenvalue weighted by atomic mass is 10.2. The third-order valence-electron chi connectivity index (χ3n) is 2.05. The minimum Gasteiger partial charge on any atom is -0.379 e. The summed E-state index contributed by atoms with van der Waals surface area (Å²) in [5.41, 5.74) is -0.117. The van der Waals surface area contributed by atoms with Gasteiger partial charge in [0.15, 0.2) is 5.82 Å². The van der Waals surface area contributed by atoms with E-state index in [9.17, 15) is 18.7 Å². The van der Waals surface area contributed by atoms with Crippen LogP contribution in [-0.2, 0) is 10.8 Å². The van der Waals surface area contributed by atoms with Crippen molar-refractivity contribution in [2.45, 2.75) is 13.0 Å². The van der Waals surface area contributed by atoms with Crippen LogP contribution in [0.2, 0.25) is 0 Å². The lowest BCUT2D eigenvalue weighted by Gasteiger charge is -2.14. The topological polar surface area (TPSA) is 72.2 Å². The Morgan fingerprint density at radius 1 is 1.59 bits per heavy atom. The van der Waals surface area contributed by atoms with E-state index in [1.807, 2.05) is 0 Å². The highest BCUT2D eigenvalue weighted by molar-refractivity contribution is 7.84. The Morgan fingerprint density at radius 2 is 2.24 bits per heavy atom. The van der Waals surface area contributed by atoms with Crippen molar-refractivity contribution in [3.8, 4) is 0 Å². The second-order valence-electron chi connectivity index (χ2n) is 3.71. The van der Waals surface area contributed by atoms with Gasteiger partial charge in [0.2, 0.25) is 0 Å². The molecule has 1 N–H and O–H groups in total. The predicted octanol–water partition coefficient (Wildman–Crippen LogP) is 1.91. The lowest BCUT2D eigenvalue weighted by Crippen LogP contribution is -2.22. The summed E-state index contributed by atoms with van der Waals surface area (Å²) in [6.45, 7) is 1.77. The fraction of sp³-hybridized carbons (Fsp3) is 0.400. The fourth-order valence-corrected chi connectivity index (χ4v) is 2.18. The van der Waals surface area contributed by atoms with Crippen LogP contribution in [0.5, 0.6) is 0 Å². The second-order valence-corrected chi connectivity index (χ2v) is 5.19. The van der Waals surface area contributed by atoms with Crippen molar-refractivity contribution in [3.63, 3.8) is 0 Å². The molecule has 17 heavy (non-hydrogen) atoms. The number of nitro benzene ring substituents is 1. The van der Waals surface area contributed by atoms with E-state index < -0.39 is 21.5 Å². The third-order valence-corrected chi connectivity index (χ3v) is 3.02. The van der Waals surface area contributed by atoms with Crippen molar-refractivity contribution in [2.24, 2.45) is 0 Å². The van der Waals surface area contributed by atoms with Gasteiger partial charge in [0, 0.05) is 34.9 Å². The van der Waals surface area contributed by atoms with E-state index in [1.165, 1.54) is 12.1 Å². The standard InChI is InChI=1S/C10H13FN2O3S/c1-7(6-17(2)16)12-10-4-3-8(13(14)15)5-9(10)11/h3-5,7,12H,6H2,1-2H3. The molecule has 1 aromatic carbocycles. The molecular formula is C10H13FN2O3S. The van der Waals surface area contributed by atoms with Crippen molar-refractivity contribution < 1.29 is 13.5 Å². The van der Waals surface area contributed by atoms with Crippen LogP contribution in [-0.4, -0.2) is 27.2 Å². The molecule has 94 valence electrons. The summed E-state index contributed by atoms with van der Waals surface area (Å²) < 4.78 is 24.4. The molecule has 0 saturated carbocycles. The van der Waals surface area contributed by atoms with E-state index in [1.54, 1.807) is 13.2 Å². The molecule has 0 aliphatic rings. The summed E-state index contributed by atoms with van der Waals surface area (Å²) >= 11 is 0. The maximum absolute atomic E-state index is 13.5. The predicted molar refractivity (Wildman–Crippen MR) is 65.1 cm³/mol. The zero-order valence-electron chi connectivity index (χ0n) is 9.47. The molecule has 0 saturated heterocycles. The minimum atomic E-state index is -0.981. The second kappa shape index (κ2) is 5.72. The largest absolute Gasteiger partial charge is 0.379 e. The highest BCUT2D eigenvalue weighted by Gasteiger charge is 2.12. The number of nitro groups is 1. The van der Waals surface area contributed by atoms with Gasteiger partial charge in [-0.05, 0) is 13.0 Å². The van der Waals surface area contributed by atoms with E-state index in [0.717, 1.165) is 6.07 Å². The van der Waals surface area contributed by atoms with Crippen LogP contribution in [0.25, 0.3) is 0 Å². The number of non-ortho nitro benzene ring substituents is 1. The van der Waals surface area contributed by atoms with Gasteiger partial charge in [-0.15, -0.1) is 0 Å². The number of anilines is 1. The Morgan fingerprint density at radius 3 is 2.71 bits per heavy atom. The fourth-order valence-electron chi connectivity index (χ4n) is 1.39. The normalized spacial score (nSPS) is 14.1. The summed E-state index contributed by atoms with van der Waals surface area (Å²) in [6.07, 6.45) is 1.56. The van der Waals surface area contributed by atoms with Crippen LogP contribution in [0, 0.1) is 15.9 Å². The van der Waals surface area contributed by atoms with Gasteiger partial charge in [0.1, 0.15) is 0 Å². The van der Waals surface area contributed by atoms with Crippen LogP contribution >= 0.6 is 0 Å². The highest BCUT2D eigenvalue weighted by Crippen LogP contribution is 2.21. The first-order valence-electron chi connectivity index (χ1n) is 4.90. The van der Waals surface area contributed by atoms with Gasteiger partial charge >= 0.3 is 0 Å². The molecule has 2 unspecified atom stereocenters. The Bertz CT molecular complexity index is 453. The molecule has 0 heterocycles. The Kier molecular flexibility index (Phi) is 4.56. The molecule has 0 aromatic heterocycles. The Balaban J connectivity index is 2.79. The van der Waals surface area contributed by atoms with E-state index >= 15 is 0 Å². The van der Waals surface area contributed by atoms with Crippen molar-refractivity contribution in [1.82, 2.24) is 0 Å². The average Bonchev–Trinajstić information content (AvgIpc) is 2.19. The van der Waals surface area contributed by atoms with Gasteiger partial charge in [0.25, 0.3) is 5.69 Å². The van der Waals surface area contributed by atoms with Gasteiger partial charge in [-0.1, -0.05) is 0 Å². The van der Waals surface area contributed by atoms with Gasteiger partial charge in [0.05, 0.1) is 16.7 Å². The molecule has 0 amide bonds. The SMILES string of the molecule is CC(CS(C)=O)Nc1ccc([N+](=O)[O-])cc1F. The van der Waals surface area contributed by atoms with Crippen molar-refractivity contribution in [2.75, 3.05) is 17.3 Å². The van der Waals surface area contributed by atoms with Crippen LogP contribution in [0.3, 0.4) is 0 Å². The zero-order valence-corrected chi connectivity index (χ0v) is 10.3. The average molecular weight is 260 g/mol. The summed E-state index contributed by atoms with van der Waals surface area (Å²) in [7, 11) is -0.981. The molecule has 0 radical (unpaired) electrons. The molecule has 7 heteroatoms. The van der Waals surface area contributed by atoms with Crippen LogP contribution < -0.4 is 5.32 Å². The number of nitrogens with zero attached hydrogens (tertiary/aromatic N) is 1. The first kappa shape index (κ1) is 13.6. The molecule has 0 spiro atoms. The monoisotopic (exact) mass is 260 g/mol. The molecular weight excluding hydrogens is 247 g/mol. The smallest absolute Gasteiger partial charge is 0.272 e. The molecule has 0 fully saturated rings. The number of rotatable bonds is 5. The van der Waals surface area contributed by atoms with E-state index in [4.69, 9.17) is 0 Å². The number of nitrogens with one attached hydrogen (secondary N) is 1. The van der Waals surface area contributed by atoms with Gasteiger partial charge < -0.3 is 5.32 Å². The number of hydrogen-bond donors (Lipinski definition) is 1. The highest BCUT2D eigenvalue weighted by atomic mass is 32.2.